The minimum atomic E-state index is -1.57. The fraction of sp³-hybridized carbons (Fsp3) is 0.222. The first kappa shape index (κ1) is 17.8. The Morgan fingerprint density at radius 3 is 2.65 bits per heavy atom. The van der Waals surface area contributed by atoms with Gasteiger partial charge >= 0.3 is 6.03 Å². The van der Waals surface area contributed by atoms with Crippen molar-refractivity contribution in [3.8, 4) is 0 Å². The topological polar surface area (TPSA) is 61.4 Å². The largest absolute Gasteiger partial charge is 0.348 e. The van der Waals surface area contributed by atoms with Crippen LogP contribution in [0.4, 0.5) is 23.7 Å². The van der Waals surface area contributed by atoms with Crippen molar-refractivity contribution in [3.63, 3.8) is 0 Å². The van der Waals surface area contributed by atoms with Crippen molar-refractivity contribution in [1.29, 1.82) is 0 Å². The molecule has 1 saturated heterocycles. The Kier molecular flexibility index (Phi) is 4.83. The van der Waals surface area contributed by atoms with Gasteiger partial charge in [0.1, 0.15) is 0 Å². The van der Waals surface area contributed by atoms with Gasteiger partial charge in [-0.05, 0) is 30.7 Å². The smallest absolute Gasteiger partial charge is 0.322 e. The Labute approximate surface area is 147 Å². The maximum Gasteiger partial charge on any atom is 0.322 e. The number of halogens is 3. The molecule has 0 saturated carbocycles. The van der Waals surface area contributed by atoms with Crippen LogP contribution in [0, 0.1) is 24.4 Å². The van der Waals surface area contributed by atoms with Crippen LogP contribution in [0.3, 0.4) is 0 Å². The molecule has 0 unspecified atom stereocenters. The number of urea groups is 1. The predicted molar refractivity (Wildman–Crippen MR) is 89.4 cm³/mol. The van der Waals surface area contributed by atoms with E-state index in [1.54, 1.807) is 18.2 Å². The summed E-state index contributed by atoms with van der Waals surface area (Å²) in [5, 5.41) is 5.15. The molecule has 0 bridgehead atoms. The van der Waals surface area contributed by atoms with Crippen molar-refractivity contribution in [3.05, 3.63) is 64.5 Å². The van der Waals surface area contributed by atoms with Gasteiger partial charge in [0.2, 0.25) is 0 Å². The molecule has 1 fully saturated rings. The number of rotatable bonds is 4. The number of nitrogens with zero attached hydrogens (tertiary/aromatic N) is 1. The second kappa shape index (κ2) is 7.07. The van der Waals surface area contributed by atoms with E-state index >= 15 is 0 Å². The Morgan fingerprint density at radius 1 is 1.19 bits per heavy atom. The second-order valence-corrected chi connectivity index (χ2v) is 5.90. The maximum absolute atomic E-state index is 13.7. The van der Waals surface area contributed by atoms with Gasteiger partial charge in [0.25, 0.3) is 5.91 Å². The summed E-state index contributed by atoms with van der Waals surface area (Å²) in [6, 6.07) is 6.48. The van der Waals surface area contributed by atoms with Crippen molar-refractivity contribution in [2.45, 2.75) is 13.5 Å². The highest BCUT2D eigenvalue weighted by Crippen LogP contribution is 2.23. The lowest BCUT2D eigenvalue weighted by Gasteiger charge is -2.18. The monoisotopic (exact) mass is 363 g/mol. The molecule has 1 aliphatic heterocycles. The Bertz CT molecular complexity index is 886. The first-order valence-electron chi connectivity index (χ1n) is 7.95. The molecular weight excluding hydrogens is 347 g/mol. The van der Waals surface area contributed by atoms with E-state index in [0.717, 1.165) is 17.7 Å². The van der Waals surface area contributed by atoms with E-state index in [2.05, 4.69) is 10.6 Å². The van der Waals surface area contributed by atoms with E-state index in [9.17, 15) is 22.8 Å². The molecule has 0 radical (unpaired) electrons. The highest BCUT2D eigenvalue weighted by atomic mass is 19.2. The first-order valence-corrected chi connectivity index (χ1v) is 7.95. The average Bonchev–Trinajstić information content (AvgIpc) is 3.05. The van der Waals surface area contributed by atoms with Crippen LogP contribution in [0.15, 0.2) is 30.3 Å². The number of anilines is 1. The number of carbonyl (C=O) groups excluding carboxylic acids is 2. The summed E-state index contributed by atoms with van der Waals surface area (Å²) in [7, 11) is 0. The van der Waals surface area contributed by atoms with Crippen molar-refractivity contribution in [2.75, 3.05) is 18.0 Å². The third-order valence-corrected chi connectivity index (χ3v) is 4.17. The van der Waals surface area contributed by atoms with Gasteiger partial charge in [-0.1, -0.05) is 12.1 Å². The molecule has 0 aliphatic carbocycles. The lowest BCUT2D eigenvalue weighted by Crippen LogP contribution is -2.29. The van der Waals surface area contributed by atoms with Crippen LogP contribution >= 0.6 is 0 Å². The number of hydrogen-bond donors (Lipinski definition) is 2. The minimum absolute atomic E-state index is 0.163. The van der Waals surface area contributed by atoms with E-state index in [1.807, 2.05) is 6.92 Å². The van der Waals surface area contributed by atoms with Gasteiger partial charge in [0.15, 0.2) is 17.5 Å². The lowest BCUT2D eigenvalue weighted by atomic mass is 10.1. The number of aryl methyl sites for hydroxylation is 1. The predicted octanol–water partition coefficient (Wildman–Crippen LogP) is 2.87. The summed E-state index contributed by atoms with van der Waals surface area (Å²) in [6.07, 6.45) is 0. The number of benzene rings is 2. The van der Waals surface area contributed by atoms with Crippen molar-refractivity contribution < 1.29 is 22.8 Å². The second-order valence-electron chi connectivity index (χ2n) is 5.90. The minimum Gasteiger partial charge on any atom is -0.348 e. The zero-order valence-corrected chi connectivity index (χ0v) is 13.9. The Balaban J connectivity index is 1.76. The normalized spacial score (nSPS) is 13.7. The number of amides is 3. The van der Waals surface area contributed by atoms with E-state index in [0.29, 0.717) is 18.8 Å². The van der Waals surface area contributed by atoms with E-state index in [-0.39, 0.29) is 23.7 Å². The van der Waals surface area contributed by atoms with Crippen molar-refractivity contribution in [1.82, 2.24) is 10.6 Å². The molecule has 2 aromatic rings. The van der Waals surface area contributed by atoms with Crippen LogP contribution < -0.4 is 15.5 Å². The summed E-state index contributed by atoms with van der Waals surface area (Å²) in [4.78, 5) is 25.7. The van der Waals surface area contributed by atoms with Crippen LogP contribution in [-0.4, -0.2) is 25.0 Å². The molecule has 0 spiro atoms. The summed E-state index contributed by atoms with van der Waals surface area (Å²) in [6.45, 7) is 2.53. The maximum atomic E-state index is 13.7. The number of carbonyl (C=O) groups is 2. The quantitative estimate of drug-likeness (QED) is 0.821. The van der Waals surface area contributed by atoms with Crippen LogP contribution in [0.25, 0.3) is 0 Å². The van der Waals surface area contributed by atoms with Gasteiger partial charge in [-0.25, -0.2) is 18.0 Å². The Hall–Kier alpha value is -3.03. The average molecular weight is 363 g/mol. The molecule has 26 heavy (non-hydrogen) atoms. The molecular formula is C18H16F3N3O2. The third kappa shape index (κ3) is 3.35. The summed E-state index contributed by atoms with van der Waals surface area (Å²) in [5.74, 6) is -4.71. The van der Waals surface area contributed by atoms with Gasteiger partial charge in [-0.15, -0.1) is 0 Å². The summed E-state index contributed by atoms with van der Waals surface area (Å²) < 4.78 is 39.8. The molecule has 1 aliphatic rings. The van der Waals surface area contributed by atoms with Gasteiger partial charge < -0.3 is 10.6 Å². The highest BCUT2D eigenvalue weighted by molar-refractivity contribution is 5.99. The molecule has 5 nitrogen and oxygen atoms in total. The molecule has 0 aromatic heterocycles. The van der Waals surface area contributed by atoms with E-state index in [4.69, 9.17) is 0 Å². The van der Waals surface area contributed by atoms with Gasteiger partial charge in [-0.2, -0.15) is 0 Å². The molecule has 0 atom stereocenters. The highest BCUT2D eigenvalue weighted by Gasteiger charge is 2.23. The summed E-state index contributed by atoms with van der Waals surface area (Å²) >= 11 is 0. The number of nitrogens with one attached hydrogen (secondary N) is 2. The van der Waals surface area contributed by atoms with Crippen LogP contribution in [0.2, 0.25) is 0 Å². The van der Waals surface area contributed by atoms with E-state index in [1.165, 1.54) is 4.90 Å². The van der Waals surface area contributed by atoms with Gasteiger partial charge in [-0.3, -0.25) is 9.69 Å². The standard InChI is InChI=1S/C18H16F3N3O2/c1-10-2-3-11(8-14(10)24-7-6-22-18(24)26)17(25)23-9-12-4-5-13(19)16(21)15(12)20/h2-5,8H,6-7,9H2,1H3,(H,22,26)(H,23,25). The van der Waals surface area contributed by atoms with Gasteiger partial charge in [0.05, 0.1) is 0 Å². The molecule has 136 valence electrons. The number of hydrogen-bond acceptors (Lipinski definition) is 2. The lowest BCUT2D eigenvalue weighted by molar-refractivity contribution is 0.0950. The molecule has 8 heteroatoms. The molecule has 3 amide bonds. The first-order chi connectivity index (χ1) is 12.4. The van der Waals surface area contributed by atoms with Gasteiger partial charge in [0, 0.05) is 36.4 Å². The third-order valence-electron chi connectivity index (χ3n) is 4.17. The van der Waals surface area contributed by atoms with Crippen LogP contribution in [0.5, 0.6) is 0 Å². The van der Waals surface area contributed by atoms with Crippen molar-refractivity contribution in [2.24, 2.45) is 0 Å². The molecule has 3 rings (SSSR count). The molecule has 1 heterocycles. The zero-order chi connectivity index (χ0) is 18.8. The van der Waals surface area contributed by atoms with Crippen LogP contribution in [0.1, 0.15) is 21.5 Å². The molecule has 2 aromatic carbocycles. The SMILES string of the molecule is Cc1ccc(C(=O)NCc2ccc(F)c(F)c2F)cc1N1CCNC1=O. The molecule has 2 N–H and O–H groups in total. The fourth-order valence-corrected chi connectivity index (χ4v) is 2.72. The Morgan fingerprint density at radius 2 is 1.96 bits per heavy atom. The van der Waals surface area contributed by atoms with E-state index < -0.39 is 23.4 Å². The van der Waals surface area contributed by atoms with Crippen LogP contribution in [-0.2, 0) is 6.54 Å². The fourth-order valence-electron chi connectivity index (χ4n) is 2.72. The zero-order valence-electron chi connectivity index (χ0n) is 13.9. The summed E-state index contributed by atoms with van der Waals surface area (Å²) in [5.41, 5.74) is 1.54. The van der Waals surface area contributed by atoms with Crippen molar-refractivity contribution >= 4 is 17.6 Å².